The van der Waals surface area contributed by atoms with Crippen molar-refractivity contribution < 1.29 is 4.92 Å². The predicted octanol–water partition coefficient (Wildman–Crippen LogP) is 2.29. The highest BCUT2D eigenvalue weighted by molar-refractivity contribution is 5.59. The number of nitro groups is 1. The largest absolute Gasteiger partial charge is 0.350 e. The number of aromatic nitrogens is 1. The maximum Gasteiger partial charge on any atom is 0.311 e. The predicted molar refractivity (Wildman–Crippen MR) is 64.1 cm³/mol. The van der Waals surface area contributed by atoms with Gasteiger partial charge in [-0.3, -0.25) is 10.1 Å². The lowest BCUT2D eigenvalue weighted by Crippen LogP contribution is -2.22. The van der Waals surface area contributed by atoms with Crippen LogP contribution in [-0.4, -0.2) is 23.0 Å². The minimum absolute atomic E-state index is 0.141. The third-order valence-corrected chi connectivity index (χ3v) is 3.88. The lowest BCUT2D eigenvalue weighted by Gasteiger charge is -2.17. The number of nitrogens with zero attached hydrogens (tertiary/aromatic N) is 3. The van der Waals surface area contributed by atoms with Crippen LogP contribution in [0.4, 0.5) is 11.5 Å². The van der Waals surface area contributed by atoms with E-state index in [-0.39, 0.29) is 10.6 Å². The molecule has 1 aliphatic heterocycles. The van der Waals surface area contributed by atoms with E-state index in [0.29, 0.717) is 11.2 Å². The molecule has 90 valence electrons. The van der Waals surface area contributed by atoms with Crippen molar-refractivity contribution >= 4 is 11.5 Å². The van der Waals surface area contributed by atoms with E-state index in [4.69, 9.17) is 0 Å². The summed E-state index contributed by atoms with van der Waals surface area (Å²) in [5.41, 5.74) is 1.43. The monoisotopic (exact) mass is 233 g/mol. The Bertz CT molecular complexity index is 483. The summed E-state index contributed by atoms with van der Waals surface area (Å²) in [5, 5.41) is 11.0. The fraction of sp³-hybridized carbons (Fsp3) is 0.583. The Morgan fingerprint density at radius 2 is 2.24 bits per heavy atom. The molecule has 0 atom stereocenters. The topological polar surface area (TPSA) is 59.3 Å². The fourth-order valence-corrected chi connectivity index (χ4v) is 2.63. The Balaban J connectivity index is 1.94. The Morgan fingerprint density at radius 1 is 1.47 bits per heavy atom. The van der Waals surface area contributed by atoms with Gasteiger partial charge in [0.05, 0.1) is 4.92 Å². The molecule has 1 saturated carbocycles. The van der Waals surface area contributed by atoms with Crippen molar-refractivity contribution in [3.8, 4) is 0 Å². The first kappa shape index (κ1) is 10.5. The highest BCUT2D eigenvalue weighted by Crippen LogP contribution is 2.53. The summed E-state index contributed by atoms with van der Waals surface area (Å²) in [6, 6.07) is 1.61. The van der Waals surface area contributed by atoms with Crippen LogP contribution in [0, 0.1) is 22.5 Å². The van der Waals surface area contributed by atoms with Crippen LogP contribution < -0.4 is 4.90 Å². The molecular formula is C12H15N3O2. The van der Waals surface area contributed by atoms with Crippen molar-refractivity contribution in [3.63, 3.8) is 0 Å². The van der Waals surface area contributed by atoms with Crippen LogP contribution in [0.1, 0.15) is 24.8 Å². The van der Waals surface area contributed by atoms with Gasteiger partial charge in [-0.1, -0.05) is 0 Å². The molecule has 17 heavy (non-hydrogen) atoms. The zero-order chi connectivity index (χ0) is 12.0. The first-order valence-corrected chi connectivity index (χ1v) is 5.96. The first-order chi connectivity index (χ1) is 8.10. The van der Waals surface area contributed by atoms with Crippen LogP contribution >= 0.6 is 0 Å². The highest BCUT2D eigenvalue weighted by Gasteiger charge is 2.48. The summed E-state index contributed by atoms with van der Waals surface area (Å²) in [5.74, 6) is 0.546. The van der Waals surface area contributed by atoms with Gasteiger partial charge in [0.1, 0.15) is 0 Å². The molecule has 2 fully saturated rings. The van der Waals surface area contributed by atoms with Gasteiger partial charge in [0, 0.05) is 25.4 Å². The number of anilines is 1. The molecule has 0 unspecified atom stereocenters. The van der Waals surface area contributed by atoms with Gasteiger partial charge in [-0.05, 0) is 37.2 Å². The molecule has 1 aromatic rings. The minimum Gasteiger partial charge on any atom is -0.350 e. The van der Waals surface area contributed by atoms with E-state index < -0.39 is 0 Å². The smallest absolute Gasteiger partial charge is 0.311 e. The summed E-state index contributed by atoms with van der Waals surface area (Å²) in [6.45, 7) is 3.66. The van der Waals surface area contributed by atoms with Gasteiger partial charge in [0.15, 0.2) is 0 Å². The summed E-state index contributed by atoms with van der Waals surface area (Å²) < 4.78 is 0. The minimum atomic E-state index is -0.326. The van der Waals surface area contributed by atoms with E-state index in [1.165, 1.54) is 12.8 Å². The van der Waals surface area contributed by atoms with E-state index in [2.05, 4.69) is 9.88 Å². The number of aryl methyl sites for hydroxylation is 1. The molecule has 5 nitrogen and oxygen atoms in total. The molecule has 2 aliphatic rings. The van der Waals surface area contributed by atoms with Crippen molar-refractivity contribution in [2.45, 2.75) is 26.2 Å². The van der Waals surface area contributed by atoms with Crippen molar-refractivity contribution in [1.29, 1.82) is 0 Å². The molecule has 1 saturated heterocycles. The quantitative estimate of drug-likeness (QED) is 0.581. The first-order valence-electron chi connectivity index (χ1n) is 5.96. The lowest BCUT2D eigenvalue weighted by molar-refractivity contribution is -0.384. The summed E-state index contributed by atoms with van der Waals surface area (Å²) in [6.07, 6.45) is 5.40. The fourth-order valence-electron chi connectivity index (χ4n) is 2.63. The average Bonchev–Trinajstić information content (AvgIpc) is 2.90. The average molecular weight is 233 g/mol. The van der Waals surface area contributed by atoms with Crippen molar-refractivity contribution in [2.75, 3.05) is 18.0 Å². The zero-order valence-corrected chi connectivity index (χ0v) is 9.85. The third-order valence-electron chi connectivity index (χ3n) is 3.88. The molecule has 0 N–H and O–H groups in total. The maximum absolute atomic E-state index is 11.0. The molecule has 5 heteroatoms. The highest BCUT2D eigenvalue weighted by atomic mass is 16.6. The van der Waals surface area contributed by atoms with E-state index in [1.807, 2.05) is 6.92 Å². The number of hydrogen-bond donors (Lipinski definition) is 0. The normalized spacial score (nSPS) is 20.9. The van der Waals surface area contributed by atoms with Crippen LogP contribution in [0.5, 0.6) is 0 Å². The summed E-state index contributed by atoms with van der Waals surface area (Å²) in [7, 11) is 0. The Morgan fingerprint density at radius 3 is 2.82 bits per heavy atom. The van der Waals surface area contributed by atoms with Crippen molar-refractivity contribution in [3.05, 3.63) is 27.9 Å². The van der Waals surface area contributed by atoms with Gasteiger partial charge in [-0.25, -0.2) is 4.98 Å². The van der Waals surface area contributed by atoms with Gasteiger partial charge in [-0.15, -0.1) is 0 Å². The molecule has 1 spiro atoms. The molecular weight excluding hydrogens is 218 g/mol. The van der Waals surface area contributed by atoms with Gasteiger partial charge < -0.3 is 4.90 Å². The van der Waals surface area contributed by atoms with Gasteiger partial charge >= 0.3 is 5.69 Å². The van der Waals surface area contributed by atoms with E-state index in [1.54, 1.807) is 12.3 Å². The molecule has 1 aromatic heterocycles. The molecule has 0 radical (unpaired) electrons. The second-order valence-electron chi connectivity index (χ2n) is 5.28. The van der Waals surface area contributed by atoms with E-state index >= 15 is 0 Å². The third kappa shape index (κ3) is 1.75. The maximum atomic E-state index is 11.0. The SMILES string of the molecule is Cc1cnc(N2CCC3(CC3)C2)c([N+](=O)[O-])c1. The van der Waals surface area contributed by atoms with Crippen LogP contribution in [-0.2, 0) is 0 Å². The number of pyridine rings is 1. The number of rotatable bonds is 2. The lowest BCUT2D eigenvalue weighted by atomic mass is 10.1. The van der Waals surface area contributed by atoms with E-state index in [0.717, 1.165) is 25.1 Å². The van der Waals surface area contributed by atoms with Crippen LogP contribution in [0.3, 0.4) is 0 Å². The van der Waals surface area contributed by atoms with Crippen molar-refractivity contribution in [1.82, 2.24) is 4.98 Å². The van der Waals surface area contributed by atoms with E-state index in [9.17, 15) is 10.1 Å². The zero-order valence-electron chi connectivity index (χ0n) is 9.85. The van der Waals surface area contributed by atoms with Crippen LogP contribution in [0.2, 0.25) is 0 Å². The van der Waals surface area contributed by atoms with Gasteiger partial charge in [0.25, 0.3) is 0 Å². The standard InChI is InChI=1S/C12H15N3O2/c1-9-6-10(15(16)17)11(13-7-9)14-5-4-12(8-14)2-3-12/h6-7H,2-5,8H2,1H3. The Labute approximate surface area is 99.6 Å². The van der Waals surface area contributed by atoms with Gasteiger partial charge in [-0.2, -0.15) is 0 Å². The Kier molecular flexibility index (Phi) is 2.11. The number of hydrogen-bond acceptors (Lipinski definition) is 4. The van der Waals surface area contributed by atoms with Crippen LogP contribution in [0.25, 0.3) is 0 Å². The van der Waals surface area contributed by atoms with Crippen molar-refractivity contribution in [2.24, 2.45) is 5.41 Å². The van der Waals surface area contributed by atoms with Gasteiger partial charge in [0.2, 0.25) is 5.82 Å². The van der Waals surface area contributed by atoms with Crippen LogP contribution in [0.15, 0.2) is 12.3 Å². The molecule has 2 heterocycles. The second kappa shape index (κ2) is 3.42. The summed E-state index contributed by atoms with van der Waals surface area (Å²) >= 11 is 0. The molecule has 0 aromatic carbocycles. The molecule has 0 bridgehead atoms. The second-order valence-corrected chi connectivity index (χ2v) is 5.28. The molecule has 0 amide bonds. The molecule has 1 aliphatic carbocycles. The Hall–Kier alpha value is -1.65. The molecule has 3 rings (SSSR count). The summed E-state index contributed by atoms with van der Waals surface area (Å²) in [4.78, 5) is 17.1.